The van der Waals surface area contributed by atoms with Crippen molar-refractivity contribution in [2.24, 2.45) is 0 Å². The van der Waals surface area contributed by atoms with E-state index in [0.717, 1.165) is 19.3 Å². The average molecular weight is 234 g/mol. The quantitative estimate of drug-likeness (QED) is 0.253. The van der Waals surface area contributed by atoms with Crippen LogP contribution in [0.2, 0.25) is 19.6 Å². The molecule has 0 N–H and O–H groups in total. The van der Waals surface area contributed by atoms with Gasteiger partial charge in [-0.05, 0) is 31.3 Å². The first-order chi connectivity index (χ1) is 7.49. The van der Waals surface area contributed by atoms with Crippen molar-refractivity contribution in [2.45, 2.75) is 65.1 Å². The van der Waals surface area contributed by atoms with Gasteiger partial charge in [0.2, 0.25) is 0 Å². The zero-order valence-electron chi connectivity index (χ0n) is 11.4. The van der Waals surface area contributed by atoms with E-state index in [0.29, 0.717) is 0 Å². The lowest BCUT2D eigenvalue weighted by molar-refractivity contribution is 0.732. The first-order valence-electron chi connectivity index (χ1n) is 6.38. The Hall–Kier alpha value is -0.703. The molecule has 0 rings (SSSR count). The van der Waals surface area contributed by atoms with Crippen LogP contribution in [-0.4, -0.2) is 8.07 Å². The number of terminal acetylenes is 1. The van der Waals surface area contributed by atoms with Crippen molar-refractivity contribution < 1.29 is 0 Å². The van der Waals surface area contributed by atoms with Crippen LogP contribution in [0.3, 0.4) is 0 Å². The van der Waals surface area contributed by atoms with Crippen LogP contribution in [0.1, 0.15) is 45.4 Å². The maximum Gasteiger partial charge on any atom is 0.0781 e. The van der Waals surface area contributed by atoms with Gasteiger partial charge in [-0.1, -0.05) is 38.7 Å². The second-order valence-electron chi connectivity index (χ2n) is 5.42. The molecule has 0 amide bonds. The number of unbranched alkanes of at least 4 members (excludes halogenated alkanes) is 2. The fourth-order valence-corrected chi connectivity index (χ4v) is 2.02. The highest BCUT2D eigenvalue weighted by Gasteiger charge is 2.06. The summed E-state index contributed by atoms with van der Waals surface area (Å²) >= 11 is 0. The van der Waals surface area contributed by atoms with Crippen molar-refractivity contribution in [1.82, 2.24) is 0 Å². The van der Waals surface area contributed by atoms with E-state index in [1.165, 1.54) is 24.8 Å². The molecule has 0 bridgehead atoms. The van der Waals surface area contributed by atoms with Crippen molar-refractivity contribution in [2.75, 3.05) is 0 Å². The second kappa shape index (κ2) is 8.45. The van der Waals surface area contributed by atoms with E-state index in [1.54, 1.807) is 0 Å². The Balaban J connectivity index is 4.41. The van der Waals surface area contributed by atoms with Crippen LogP contribution in [0.4, 0.5) is 0 Å². The highest BCUT2D eigenvalue weighted by atomic mass is 28.3. The predicted octanol–water partition coefficient (Wildman–Crippen LogP) is 4.94. The normalized spacial score (nSPS) is 10.4. The molecule has 90 valence electrons. The molecule has 0 atom stereocenters. The molecule has 0 aliphatic heterocycles. The molecule has 0 unspecified atom stereocenters. The van der Waals surface area contributed by atoms with Gasteiger partial charge >= 0.3 is 0 Å². The molecule has 0 fully saturated rings. The van der Waals surface area contributed by atoms with Gasteiger partial charge in [0.25, 0.3) is 0 Å². The first-order valence-corrected chi connectivity index (χ1v) is 9.96. The van der Waals surface area contributed by atoms with E-state index in [1.807, 2.05) is 0 Å². The molecule has 0 saturated carbocycles. The molecular formula is C15H26Si. The van der Waals surface area contributed by atoms with Crippen LogP contribution in [0, 0.1) is 12.3 Å². The van der Waals surface area contributed by atoms with E-state index in [-0.39, 0.29) is 0 Å². The smallest absolute Gasteiger partial charge is 0.0781 e. The number of hydrogen-bond donors (Lipinski definition) is 0. The first kappa shape index (κ1) is 15.3. The van der Waals surface area contributed by atoms with Gasteiger partial charge in [-0.25, -0.2) is 0 Å². The fourth-order valence-electron chi connectivity index (χ4n) is 1.38. The Bertz CT molecular complexity index is 280. The monoisotopic (exact) mass is 234 g/mol. The lowest BCUT2D eigenvalue weighted by Gasteiger charge is -2.07. The van der Waals surface area contributed by atoms with Crippen molar-refractivity contribution in [3.8, 4) is 12.3 Å². The van der Waals surface area contributed by atoms with Gasteiger partial charge in [0.05, 0.1) is 8.07 Å². The average Bonchev–Trinajstić information content (AvgIpc) is 2.20. The van der Waals surface area contributed by atoms with E-state index in [9.17, 15) is 0 Å². The SMILES string of the molecule is C#CCCCC(=C=C[Si](C)(C)C)CCCC. The minimum Gasteiger partial charge on any atom is -0.130 e. The van der Waals surface area contributed by atoms with Gasteiger partial charge < -0.3 is 0 Å². The Morgan fingerprint density at radius 2 is 1.81 bits per heavy atom. The summed E-state index contributed by atoms with van der Waals surface area (Å²) in [4.78, 5) is 0. The van der Waals surface area contributed by atoms with Crippen LogP contribution in [0.15, 0.2) is 17.0 Å². The molecule has 1 heteroatoms. The molecule has 0 aliphatic carbocycles. The largest absolute Gasteiger partial charge is 0.130 e. The van der Waals surface area contributed by atoms with Gasteiger partial charge in [-0.2, -0.15) is 0 Å². The summed E-state index contributed by atoms with van der Waals surface area (Å²) in [6.07, 6.45) is 12.1. The maximum atomic E-state index is 5.28. The fraction of sp³-hybridized carbons (Fsp3) is 0.667. The third kappa shape index (κ3) is 9.84. The lowest BCUT2D eigenvalue weighted by Crippen LogP contribution is -2.14. The Morgan fingerprint density at radius 3 is 2.31 bits per heavy atom. The number of hydrogen-bond acceptors (Lipinski definition) is 0. The van der Waals surface area contributed by atoms with Crippen LogP contribution in [0.25, 0.3) is 0 Å². The minimum atomic E-state index is -1.10. The predicted molar refractivity (Wildman–Crippen MR) is 77.2 cm³/mol. The van der Waals surface area contributed by atoms with Gasteiger partial charge in [-0.3, -0.25) is 0 Å². The van der Waals surface area contributed by atoms with Crippen molar-refractivity contribution >= 4 is 8.07 Å². The van der Waals surface area contributed by atoms with Crippen molar-refractivity contribution in [1.29, 1.82) is 0 Å². The molecule has 16 heavy (non-hydrogen) atoms. The Labute approximate surface area is 103 Å². The van der Waals surface area contributed by atoms with Gasteiger partial charge in [-0.15, -0.1) is 18.1 Å². The molecule has 0 heterocycles. The van der Waals surface area contributed by atoms with E-state index in [4.69, 9.17) is 6.42 Å². The van der Waals surface area contributed by atoms with Gasteiger partial charge in [0.15, 0.2) is 0 Å². The lowest BCUT2D eigenvalue weighted by atomic mass is 10.0. The van der Waals surface area contributed by atoms with Crippen LogP contribution in [-0.2, 0) is 0 Å². The zero-order valence-corrected chi connectivity index (χ0v) is 12.4. The minimum absolute atomic E-state index is 0.893. The zero-order chi connectivity index (χ0) is 12.4. The second-order valence-corrected chi connectivity index (χ2v) is 10.4. The van der Waals surface area contributed by atoms with E-state index < -0.39 is 8.07 Å². The highest BCUT2D eigenvalue weighted by molar-refractivity contribution is 6.80. The molecule has 0 aromatic rings. The summed E-state index contributed by atoms with van der Waals surface area (Å²) in [7, 11) is -1.10. The highest BCUT2D eigenvalue weighted by Crippen LogP contribution is 2.14. The summed E-state index contributed by atoms with van der Waals surface area (Å²) in [5, 5.41) is 0. The third-order valence-corrected chi connectivity index (χ3v) is 3.35. The third-order valence-electron chi connectivity index (χ3n) is 2.34. The molecular weight excluding hydrogens is 208 g/mol. The topological polar surface area (TPSA) is 0 Å². The molecule has 0 radical (unpaired) electrons. The van der Waals surface area contributed by atoms with Gasteiger partial charge in [0, 0.05) is 6.42 Å². The standard InChI is InChI=1S/C15H26Si/c1-6-8-10-12-15(11-9-7-2)13-14-16(3,4)5/h1,14H,7-12H2,2-5H3. The van der Waals surface area contributed by atoms with Crippen molar-refractivity contribution in [3.05, 3.63) is 17.0 Å². The molecule has 0 saturated heterocycles. The van der Waals surface area contributed by atoms with Crippen molar-refractivity contribution in [3.63, 3.8) is 0 Å². The van der Waals surface area contributed by atoms with E-state index in [2.05, 4.69) is 43.9 Å². The summed E-state index contributed by atoms with van der Waals surface area (Å²) in [5.41, 5.74) is 7.34. The molecule has 0 aliphatic rings. The number of rotatable bonds is 7. The molecule has 0 aromatic heterocycles. The summed E-state index contributed by atoms with van der Waals surface area (Å²) in [6, 6.07) is 0. The molecule has 0 spiro atoms. The number of allylic oxidation sites excluding steroid dienone is 1. The van der Waals surface area contributed by atoms with Crippen LogP contribution in [0.5, 0.6) is 0 Å². The molecule has 0 aromatic carbocycles. The molecule has 0 nitrogen and oxygen atoms in total. The summed E-state index contributed by atoms with van der Waals surface area (Å²) in [6.45, 7) is 9.28. The Morgan fingerprint density at radius 1 is 1.19 bits per heavy atom. The van der Waals surface area contributed by atoms with Crippen LogP contribution >= 0.6 is 0 Å². The summed E-state index contributed by atoms with van der Waals surface area (Å²) in [5.74, 6) is 2.71. The Kier molecular flexibility index (Phi) is 8.08. The maximum absolute atomic E-state index is 5.28. The summed E-state index contributed by atoms with van der Waals surface area (Å²) < 4.78 is 0. The van der Waals surface area contributed by atoms with Crippen LogP contribution < -0.4 is 0 Å². The van der Waals surface area contributed by atoms with E-state index >= 15 is 0 Å². The van der Waals surface area contributed by atoms with Gasteiger partial charge in [0.1, 0.15) is 0 Å².